The lowest BCUT2D eigenvalue weighted by Crippen LogP contribution is -2.49. The number of hydrogen-bond acceptors (Lipinski definition) is 5. The van der Waals surface area contributed by atoms with Gasteiger partial charge >= 0.3 is 0 Å². The highest BCUT2D eigenvalue weighted by molar-refractivity contribution is 7.90. The minimum Gasteiger partial charge on any atom is -0.300 e. The van der Waals surface area contributed by atoms with Crippen LogP contribution in [0.3, 0.4) is 0 Å². The Kier molecular flexibility index (Phi) is 5.50. The van der Waals surface area contributed by atoms with Crippen molar-refractivity contribution in [3.63, 3.8) is 0 Å². The summed E-state index contributed by atoms with van der Waals surface area (Å²) in [7, 11) is -6.49. The summed E-state index contributed by atoms with van der Waals surface area (Å²) in [4.78, 5) is 2.36. The largest absolute Gasteiger partial charge is 0.300 e. The van der Waals surface area contributed by atoms with E-state index in [-0.39, 0.29) is 5.75 Å². The second-order valence-electron chi connectivity index (χ2n) is 6.14. The van der Waals surface area contributed by atoms with Crippen LogP contribution in [0.4, 0.5) is 0 Å². The van der Waals surface area contributed by atoms with Crippen LogP contribution in [0, 0.1) is 13.8 Å². The lowest BCUT2D eigenvalue weighted by Gasteiger charge is -2.34. The molecular weight excluding hydrogens is 336 g/mol. The third-order valence-electron chi connectivity index (χ3n) is 4.07. The van der Waals surface area contributed by atoms with Gasteiger partial charge in [0.15, 0.2) is 0 Å². The molecule has 1 aliphatic rings. The van der Waals surface area contributed by atoms with E-state index in [2.05, 4.69) is 0 Å². The average molecular weight is 361 g/mol. The van der Waals surface area contributed by atoms with Crippen molar-refractivity contribution < 1.29 is 16.8 Å². The number of nitrogens with zero attached hydrogens (tertiary/aromatic N) is 2. The van der Waals surface area contributed by atoms with Crippen LogP contribution in [0.25, 0.3) is 0 Å². The number of sulfone groups is 1. The van der Waals surface area contributed by atoms with Crippen LogP contribution in [0.2, 0.25) is 0 Å². The van der Waals surface area contributed by atoms with E-state index in [0.717, 1.165) is 11.1 Å². The monoisotopic (exact) mass is 360 g/mol. The van der Waals surface area contributed by atoms with Crippen LogP contribution < -0.4 is 0 Å². The van der Waals surface area contributed by atoms with Crippen molar-refractivity contribution in [3.8, 4) is 0 Å². The maximum Gasteiger partial charge on any atom is 0.243 e. The Labute approximate surface area is 139 Å². The maximum atomic E-state index is 12.8. The first kappa shape index (κ1) is 18.4. The fraction of sp³-hybridized carbons (Fsp3) is 0.600. The molecule has 0 N–H and O–H groups in total. The molecule has 0 spiro atoms. The normalized spacial score (nSPS) is 18.2. The molecule has 23 heavy (non-hydrogen) atoms. The van der Waals surface area contributed by atoms with Gasteiger partial charge in [0.25, 0.3) is 0 Å². The van der Waals surface area contributed by atoms with Crippen molar-refractivity contribution in [1.82, 2.24) is 9.21 Å². The Morgan fingerprint density at radius 2 is 1.61 bits per heavy atom. The number of sulfonamides is 1. The minimum atomic E-state index is -3.49. The predicted octanol–water partition coefficient (Wildman–Crippen LogP) is 0.654. The summed E-state index contributed by atoms with van der Waals surface area (Å²) in [6, 6.07) is 5.43. The summed E-state index contributed by atoms with van der Waals surface area (Å²) in [5.41, 5.74) is 1.66. The average Bonchev–Trinajstić information content (AvgIpc) is 2.47. The van der Waals surface area contributed by atoms with Gasteiger partial charge in [-0.1, -0.05) is 12.1 Å². The highest BCUT2D eigenvalue weighted by Gasteiger charge is 2.29. The van der Waals surface area contributed by atoms with E-state index in [1.165, 1.54) is 10.6 Å². The third kappa shape index (κ3) is 4.76. The van der Waals surface area contributed by atoms with Crippen LogP contribution in [0.15, 0.2) is 23.1 Å². The Morgan fingerprint density at radius 3 is 2.17 bits per heavy atom. The van der Waals surface area contributed by atoms with Gasteiger partial charge in [-0.2, -0.15) is 4.31 Å². The molecule has 0 atom stereocenters. The number of benzene rings is 1. The smallest absolute Gasteiger partial charge is 0.243 e. The summed E-state index contributed by atoms with van der Waals surface area (Å²) in [6.45, 7) is 6.02. The van der Waals surface area contributed by atoms with E-state index in [9.17, 15) is 16.8 Å². The zero-order valence-corrected chi connectivity index (χ0v) is 15.5. The highest BCUT2D eigenvalue weighted by Crippen LogP contribution is 2.22. The van der Waals surface area contributed by atoms with E-state index < -0.39 is 19.9 Å². The van der Waals surface area contributed by atoms with Crippen molar-refractivity contribution in [2.24, 2.45) is 0 Å². The molecule has 6 nitrogen and oxygen atoms in total. The van der Waals surface area contributed by atoms with E-state index in [0.29, 0.717) is 37.6 Å². The molecule has 0 aromatic heterocycles. The summed E-state index contributed by atoms with van der Waals surface area (Å²) in [5, 5.41) is 0. The van der Waals surface area contributed by atoms with Crippen LogP contribution in [-0.4, -0.2) is 70.8 Å². The molecule has 0 bridgehead atoms. The molecule has 0 amide bonds. The van der Waals surface area contributed by atoms with Gasteiger partial charge in [0, 0.05) is 39.0 Å². The third-order valence-corrected chi connectivity index (χ3v) is 7.04. The molecule has 0 aliphatic carbocycles. The van der Waals surface area contributed by atoms with E-state index in [1.807, 2.05) is 24.0 Å². The number of hydrogen-bond donors (Lipinski definition) is 0. The fourth-order valence-electron chi connectivity index (χ4n) is 2.61. The van der Waals surface area contributed by atoms with Gasteiger partial charge in [-0.15, -0.1) is 0 Å². The first-order valence-corrected chi connectivity index (χ1v) is 11.1. The summed E-state index contributed by atoms with van der Waals surface area (Å²) in [6.07, 6.45) is 1.22. The molecule has 0 unspecified atom stereocenters. The number of piperazine rings is 1. The van der Waals surface area contributed by atoms with Gasteiger partial charge in [-0.3, -0.25) is 4.90 Å². The Balaban J connectivity index is 2.05. The maximum absolute atomic E-state index is 12.8. The minimum absolute atomic E-state index is 0.108. The molecule has 1 aromatic carbocycles. The predicted molar refractivity (Wildman–Crippen MR) is 90.8 cm³/mol. The number of aryl methyl sites for hydroxylation is 2. The van der Waals surface area contributed by atoms with Gasteiger partial charge in [0.2, 0.25) is 10.0 Å². The fourth-order valence-corrected chi connectivity index (χ4v) is 4.93. The molecule has 8 heteroatoms. The van der Waals surface area contributed by atoms with Gasteiger partial charge in [-0.25, -0.2) is 16.8 Å². The van der Waals surface area contributed by atoms with E-state index in [4.69, 9.17) is 0 Å². The van der Waals surface area contributed by atoms with Crippen LogP contribution in [0.5, 0.6) is 0 Å². The van der Waals surface area contributed by atoms with Crippen molar-refractivity contribution >= 4 is 19.9 Å². The van der Waals surface area contributed by atoms with Crippen molar-refractivity contribution in [1.29, 1.82) is 0 Å². The van der Waals surface area contributed by atoms with Crippen molar-refractivity contribution in [2.45, 2.75) is 18.7 Å². The molecule has 1 fully saturated rings. The lowest BCUT2D eigenvalue weighted by atomic mass is 10.2. The van der Waals surface area contributed by atoms with Crippen molar-refractivity contribution in [3.05, 3.63) is 29.3 Å². The molecule has 1 heterocycles. The van der Waals surface area contributed by atoms with Gasteiger partial charge in [-0.05, 0) is 31.0 Å². The standard InChI is InChI=1S/C15H24N2O4S2/c1-13-4-5-14(2)15(12-13)23(20,21)17-8-6-16(7-9-17)10-11-22(3,18)19/h4-5,12H,6-11H2,1-3H3. The first-order valence-electron chi connectivity index (χ1n) is 7.57. The van der Waals surface area contributed by atoms with Crippen LogP contribution in [0.1, 0.15) is 11.1 Å². The summed E-state index contributed by atoms with van der Waals surface area (Å²) >= 11 is 0. The first-order chi connectivity index (χ1) is 10.6. The quantitative estimate of drug-likeness (QED) is 0.771. The second-order valence-corrected chi connectivity index (χ2v) is 10.3. The molecular formula is C15H24N2O4S2. The molecule has 1 aliphatic heterocycles. The van der Waals surface area contributed by atoms with Gasteiger partial charge in [0.05, 0.1) is 10.6 Å². The van der Waals surface area contributed by atoms with Gasteiger partial charge in [0.1, 0.15) is 9.84 Å². The number of rotatable bonds is 5. The molecule has 0 saturated carbocycles. The molecule has 130 valence electrons. The zero-order chi connectivity index (χ0) is 17.3. The van der Waals surface area contributed by atoms with Crippen LogP contribution >= 0.6 is 0 Å². The van der Waals surface area contributed by atoms with Crippen LogP contribution in [-0.2, 0) is 19.9 Å². The molecule has 1 aromatic rings. The second kappa shape index (κ2) is 6.88. The summed E-state index contributed by atoms with van der Waals surface area (Å²) < 4.78 is 49.5. The molecule has 1 saturated heterocycles. The Bertz CT molecular complexity index is 765. The summed E-state index contributed by atoms with van der Waals surface area (Å²) in [5.74, 6) is 0.108. The van der Waals surface area contributed by atoms with E-state index >= 15 is 0 Å². The lowest BCUT2D eigenvalue weighted by molar-refractivity contribution is 0.197. The topological polar surface area (TPSA) is 74.8 Å². The molecule has 0 radical (unpaired) electrons. The Morgan fingerprint density at radius 1 is 1.00 bits per heavy atom. The highest BCUT2D eigenvalue weighted by atomic mass is 32.2. The van der Waals surface area contributed by atoms with E-state index in [1.54, 1.807) is 13.0 Å². The SMILES string of the molecule is Cc1ccc(C)c(S(=O)(=O)N2CCN(CCS(C)(=O)=O)CC2)c1. The molecule has 2 rings (SSSR count). The Hall–Kier alpha value is -0.960. The van der Waals surface area contributed by atoms with Gasteiger partial charge < -0.3 is 0 Å². The van der Waals surface area contributed by atoms with Crippen molar-refractivity contribution in [2.75, 3.05) is 44.7 Å². The zero-order valence-electron chi connectivity index (χ0n) is 13.8.